The number of thiophene rings is 1. The number of halogens is 1. The van der Waals surface area contributed by atoms with Gasteiger partial charge in [-0.1, -0.05) is 12.1 Å². The van der Waals surface area contributed by atoms with Gasteiger partial charge in [0.25, 0.3) is 0 Å². The van der Waals surface area contributed by atoms with E-state index < -0.39 is 0 Å². The smallest absolute Gasteiger partial charge is 0.229 e. The zero-order valence-corrected chi connectivity index (χ0v) is 12.6. The summed E-state index contributed by atoms with van der Waals surface area (Å²) in [6, 6.07) is 9.50. The van der Waals surface area contributed by atoms with Crippen molar-refractivity contribution in [2.24, 2.45) is 0 Å². The second-order valence-corrected chi connectivity index (χ2v) is 6.24. The van der Waals surface area contributed by atoms with E-state index in [1.165, 1.54) is 28.4 Å². The molecule has 0 unspecified atom stereocenters. The molecule has 22 heavy (non-hydrogen) atoms. The highest BCUT2D eigenvalue weighted by atomic mass is 32.1. The summed E-state index contributed by atoms with van der Waals surface area (Å²) in [5.74, 6) is -0.580. The molecule has 0 aliphatic carbocycles. The van der Waals surface area contributed by atoms with Crippen LogP contribution in [0.15, 0.2) is 41.8 Å². The Morgan fingerprint density at radius 2 is 2.23 bits per heavy atom. The third-order valence-corrected chi connectivity index (χ3v) is 4.40. The maximum absolute atomic E-state index is 13.3. The van der Waals surface area contributed by atoms with E-state index in [1.54, 1.807) is 12.1 Å². The first-order valence-corrected chi connectivity index (χ1v) is 7.87. The van der Waals surface area contributed by atoms with Gasteiger partial charge in [-0.2, -0.15) is 0 Å². The fraction of sp³-hybridized carbons (Fsp3) is 0.250. The van der Waals surface area contributed by atoms with Gasteiger partial charge in [0.2, 0.25) is 11.8 Å². The third kappa shape index (κ3) is 3.33. The summed E-state index contributed by atoms with van der Waals surface area (Å²) in [5, 5.41) is 4.80. The predicted octanol–water partition coefficient (Wildman–Crippen LogP) is 2.35. The quantitative estimate of drug-likeness (QED) is 0.941. The lowest BCUT2D eigenvalue weighted by Crippen LogP contribution is -2.37. The van der Waals surface area contributed by atoms with Crippen LogP contribution in [0.2, 0.25) is 0 Å². The Balaban J connectivity index is 1.61. The van der Waals surface area contributed by atoms with Crippen LogP contribution in [0.4, 0.5) is 10.1 Å². The van der Waals surface area contributed by atoms with Crippen LogP contribution < -0.4 is 10.2 Å². The van der Waals surface area contributed by atoms with Crippen LogP contribution in [-0.4, -0.2) is 24.4 Å². The van der Waals surface area contributed by atoms with Crippen molar-refractivity contribution in [3.8, 4) is 0 Å². The lowest BCUT2D eigenvalue weighted by atomic mass is 10.2. The van der Waals surface area contributed by atoms with Gasteiger partial charge in [-0.05, 0) is 29.6 Å². The number of carbonyl (C=O) groups is 2. The number of amides is 2. The number of carbonyl (C=O) groups excluding carboxylic acids is 2. The van der Waals surface area contributed by atoms with Crippen LogP contribution in [0.3, 0.4) is 0 Å². The SMILES string of the molecule is O=C(Cc1cccs1)N[C@@H]1CC(=O)N(c2cccc(F)c2)C1. The fourth-order valence-corrected chi connectivity index (χ4v) is 3.25. The lowest BCUT2D eigenvalue weighted by molar-refractivity contribution is -0.121. The van der Waals surface area contributed by atoms with Crippen molar-refractivity contribution >= 4 is 28.8 Å². The molecule has 1 aromatic carbocycles. The highest BCUT2D eigenvalue weighted by Crippen LogP contribution is 2.22. The summed E-state index contributed by atoms with van der Waals surface area (Å²) in [6.45, 7) is 0.373. The van der Waals surface area contributed by atoms with E-state index in [4.69, 9.17) is 0 Å². The van der Waals surface area contributed by atoms with Crippen molar-refractivity contribution < 1.29 is 14.0 Å². The number of anilines is 1. The van der Waals surface area contributed by atoms with Crippen molar-refractivity contribution in [3.05, 3.63) is 52.5 Å². The van der Waals surface area contributed by atoms with Crippen molar-refractivity contribution in [1.29, 1.82) is 0 Å². The number of rotatable bonds is 4. The summed E-state index contributed by atoms with van der Waals surface area (Å²) >= 11 is 1.53. The standard InChI is InChI=1S/C16H15FN2O2S/c17-11-3-1-4-13(7-11)19-10-12(8-16(19)21)18-15(20)9-14-5-2-6-22-14/h1-7,12H,8-10H2,(H,18,20)/t12-/m1/s1. The Hall–Kier alpha value is -2.21. The van der Waals surface area contributed by atoms with Crippen molar-refractivity contribution in [3.63, 3.8) is 0 Å². The second kappa shape index (κ2) is 6.27. The predicted molar refractivity (Wildman–Crippen MR) is 83.3 cm³/mol. The molecule has 0 radical (unpaired) electrons. The molecule has 3 rings (SSSR count). The highest BCUT2D eigenvalue weighted by Gasteiger charge is 2.31. The Bertz CT molecular complexity index is 687. The molecule has 1 fully saturated rings. The van der Waals surface area contributed by atoms with E-state index in [0.717, 1.165) is 4.88 Å². The van der Waals surface area contributed by atoms with E-state index >= 15 is 0 Å². The minimum Gasteiger partial charge on any atom is -0.351 e. The first-order chi connectivity index (χ1) is 10.6. The van der Waals surface area contributed by atoms with Gasteiger partial charge in [-0.15, -0.1) is 11.3 Å². The molecule has 0 bridgehead atoms. The average Bonchev–Trinajstić information content (AvgIpc) is 3.08. The van der Waals surface area contributed by atoms with Gasteiger partial charge in [0.15, 0.2) is 0 Å². The first-order valence-electron chi connectivity index (χ1n) is 6.99. The van der Waals surface area contributed by atoms with Gasteiger partial charge in [0.05, 0.1) is 12.5 Å². The molecule has 0 saturated carbocycles. The van der Waals surface area contributed by atoms with Gasteiger partial charge >= 0.3 is 0 Å². The average molecular weight is 318 g/mol. The molecule has 6 heteroatoms. The Morgan fingerprint density at radius 3 is 2.95 bits per heavy atom. The molecule has 1 aliphatic rings. The van der Waals surface area contributed by atoms with Gasteiger partial charge in [-0.3, -0.25) is 9.59 Å². The second-order valence-electron chi connectivity index (χ2n) is 5.21. The highest BCUT2D eigenvalue weighted by molar-refractivity contribution is 7.10. The molecule has 2 heterocycles. The largest absolute Gasteiger partial charge is 0.351 e. The molecular weight excluding hydrogens is 303 g/mol. The zero-order valence-electron chi connectivity index (χ0n) is 11.8. The van der Waals surface area contributed by atoms with Crippen LogP contribution in [0.5, 0.6) is 0 Å². The minimum atomic E-state index is -0.379. The van der Waals surface area contributed by atoms with E-state index in [1.807, 2.05) is 17.5 Å². The van der Waals surface area contributed by atoms with Gasteiger partial charge in [0, 0.05) is 23.5 Å². The maximum atomic E-state index is 13.3. The van der Waals surface area contributed by atoms with Crippen molar-refractivity contribution in [2.45, 2.75) is 18.9 Å². The van der Waals surface area contributed by atoms with E-state index in [0.29, 0.717) is 18.7 Å². The van der Waals surface area contributed by atoms with Crippen LogP contribution in [0.1, 0.15) is 11.3 Å². The maximum Gasteiger partial charge on any atom is 0.229 e. The van der Waals surface area contributed by atoms with Gasteiger partial charge in [0.1, 0.15) is 5.82 Å². The normalized spacial score (nSPS) is 17.8. The number of benzene rings is 1. The lowest BCUT2D eigenvalue weighted by Gasteiger charge is -2.17. The molecule has 114 valence electrons. The van der Waals surface area contributed by atoms with Crippen LogP contribution >= 0.6 is 11.3 Å². The summed E-state index contributed by atoms with van der Waals surface area (Å²) in [6.07, 6.45) is 0.565. The summed E-state index contributed by atoms with van der Waals surface area (Å²) in [7, 11) is 0. The number of nitrogens with one attached hydrogen (secondary N) is 1. The van der Waals surface area contributed by atoms with Crippen LogP contribution in [-0.2, 0) is 16.0 Å². The number of hydrogen-bond donors (Lipinski definition) is 1. The van der Waals surface area contributed by atoms with Crippen molar-refractivity contribution in [1.82, 2.24) is 5.32 Å². The molecule has 4 nitrogen and oxygen atoms in total. The molecule has 1 aromatic heterocycles. The van der Waals surface area contributed by atoms with E-state index in [2.05, 4.69) is 5.32 Å². The summed E-state index contributed by atoms with van der Waals surface area (Å²) < 4.78 is 13.3. The number of nitrogens with zero attached hydrogens (tertiary/aromatic N) is 1. The molecule has 1 N–H and O–H groups in total. The van der Waals surface area contributed by atoms with Crippen LogP contribution in [0, 0.1) is 5.82 Å². The molecule has 1 atom stereocenters. The van der Waals surface area contributed by atoms with Gasteiger partial charge in [-0.25, -0.2) is 4.39 Å². The topological polar surface area (TPSA) is 49.4 Å². The summed E-state index contributed by atoms with van der Waals surface area (Å²) in [4.78, 5) is 26.5. The molecule has 0 spiro atoms. The third-order valence-electron chi connectivity index (χ3n) is 3.52. The molecule has 2 amide bonds. The molecule has 1 aliphatic heterocycles. The minimum absolute atomic E-state index is 0.0960. The molecule has 1 saturated heterocycles. The van der Waals surface area contributed by atoms with Crippen LogP contribution in [0.25, 0.3) is 0 Å². The zero-order chi connectivity index (χ0) is 15.5. The molecule has 2 aromatic rings. The Kier molecular flexibility index (Phi) is 4.20. The Morgan fingerprint density at radius 1 is 1.36 bits per heavy atom. The van der Waals surface area contributed by atoms with E-state index in [9.17, 15) is 14.0 Å². The Labute approximate surface area is 131 Å². The van der Waals surface area contributed by atoms with Gasteiger partial charge < -0.3 is 10.2 Å². The fourth-order valence-electron chi connectivity index (χ4n) is 2.55. The summed E-state index contributed by atoms with van der Waals surface area (Å²) in [5.41, 5.74) is 0.528. The van der Waals surface area contributed by atoms with Crippen molar-refractivity contribution in [2.75, 3.05) is 11.4 Å². The van der Waals surface area contributed by atoms with E-state index in [-0.39, 0.29) is 30.1 Å². The monoisotopic (exact) mass is 318 g/mol. The number of hydrogen-bond acceptors (Lipinski definition) is 3. The molecular formula is C16H15FN2O2S. The first kappa shape index (κ1) is 14.7.